The highest BCUT2D eigenvalue weighted by molar-refractivity contribution is 5.80. The Balaban J connectivity index is 1.74. The fraction of sp³-hybridized carbons (Fsp3) is 0.857. The zero-order chi connectivity index (χ0) is 13.7. The van der Waals surface area contributed by atoms with E-state index in [-0.39, 0.29) is 17.7 Å². The zero-order valence-corrected chi connectivity index (χ0v) is 11.3. The van der Waals surface area contributed by atoms with E-state index in [9.17, 15) is 9.59 Å². The molecule has 2 rings (SSSR count). The van der Waals surface area contributed by atoms with Crippen molar-refractivity contribution in [2.24, 2.45) is 17.8 Å². The minimum Gasteiger partial charge on any atom is -0.481 e. The molecule has 5 nitrogen and oxygen atoms in total. The summed E-state index contributed by atoms with van der Waals surface area (Å²) in [5.74, 6) is -0.798. The van der Waals surface area contributed by atoms with Crippen molar-refractivity contribution in [3.05, 3.63) is 0 Å². The van der Waals surface area contributed by atoms with Gasteiger partial charge in [-0.1, -0.05) is 6.42 Å². The fourth-order valence-corrected chi connectivity index (χ4v) is 3.01. The number of rotatable bonds is 4. The summed E-state index contributed by atoms with van der Waals surface area (Å²) in [6.45, 7) is 2.21. The van der Waals surface area contributed by atoms with Crippen LogP contribution in [0.1, 0.15) is 38.5 Å². The van der Waals surface area contributed by atoms with Crippen LogP contribution in [0.5, 0.6) is 0 Å². The molecule has 5 heteroatoms. The normalized spacial score (nSPS) is 31.7. The molecule has 0 aromatic carbocycles. The summed E-state index contributed by atoms with van der Waals surface area (Å²) in [7, 11) is 0. The van der Waals surface area contributed by atoms with Crippen molar-refractivity contribution in [3.63, 3.8) is 0 Å². The molecule has 2 aliphatic rings. The Morgan fingerprint density at radius 2 is 1.95 bits per heavy atom. The molecule has 1 aliphatic heterocycles. The van der Waals surface area contributed by atoms with Gasteiger partial charge in [-0.15, -0.1) is 0 Å². The van der Waals surface area contributed by atoms with Crippen LogP contribution in [-0.2, 0) is 14.3 Å². The Bertz CT molecular complexity index is 325. The number of ether oxygens (including phenoxy) is 1. The van der Waals surface area contributed by atoms with Crippen LogP contribution in [0.25, 0.3) is 0 Å². The average Bonchev–Trinajstić information content (AvgIpc) is 2.46. The van der Waals surface area contributed by atoms with E-state index in [2.05, 4.69) is 5.32 Å². The summed E-state index contributed by atoms with van der Waals surface area (Å²) in [6.07, 6.45) is 5.00. The fourth-order valence-electron chi connectivity index (χ4n) is 3.01. The van der Waals surface area contributed by atoms with Crippen molar-refractivity contribution >= 4 is 11.9 Å². The standard InChI is InChI=1S/C14H23NO4/c16-13(15-8-10-3-2-6-19-9-10)11-4-1-5-12(7-11)14(17)18/h10-12H,1-9H2,(H,15,16)(H,17,18). The van der Waals surface area contributed by atoms with Crippen molar-refractivity contribution < 1.29 is 19.4 Å². The molecule has 0 spiro atoms. The lowest BCUT2D eigenvalue weighted by Crippen LogP contribution is -2.39. The van der Waals surface area contributed by atoms with E-state index < -0.39 is 5.97 Å². The van der Waals surface area contributed by atoms with Gasteiger partial charge in [0.15, 0.2) is 0 Å². The quantitative estimate of drug-likeness (QED) is 0.809. The number of amides is 1. The third-order valence-electron chi connectivity index (χ3n) is 4.21. The van der Waals surface area contributed by atoms with Crippen LogP contribution in [0.2, 0.25) is 0 Å². The Morgan fingerprint density at radius 3 is 2.63 bits per heavy atom. The third-order valence-corrected chi connectivity index (χ3v) is 4.21. The lowest BCUT2D eigenvalue weighted by molar-refractivity contribution is -0.144. The zero-order valence-electron chi connectivity index (χ0n) is 11.3. The first-order chi connectivity index (χ1) is 9.16. The highest BCUT2D eigenvalue weighted by atomic mass is 16.5. The first kappa shape index (κ1) is 14.3. The number of hydrogen-bond acceptors (Lipinski definition) is 3. The molecule has 1 saturated carbocycles. The molecule has 1 aliphatic carbocycles. The van der Waals surface area contributed by atoms with E-state index in [1.165, 1.54) is 0 Å². The molecule has 0 aromatic heterocycles. The van der Waals surface area contributed by atoms with Crippen LogP contribution < -0.4 is 5.32 Å². The van der Waals surface area contributed by atoms with Gasteiger partial charge >= 0.3 is 5.97 Å². The number of aliphatic carboxylic acids is 1. The first-order valence-corrected chi connectivity index (χ1v) is 7.25. The Hall–Kier alpha value is -1.10. The van der Waals surface area contributed by atoms with Gasteiger partial charge in [-0.25, -0.2) is 0 Å². The van der Waals surface area contributed by atoms with Crippen LogP contribution in [0.3, 0.4) is 0 Å². The minimum absolute atomic E-state index is 0.0246. The summed E-state index contributed by atoms with van der Waals surface area (Å²) in [5.41, 5.74) is 0. The number of carbonyl (C=O) groups is 2. The summed E-state index contributed by atoms with van der Waals surface area (Å²) in [5, 5.41) is 12.0. The number of nitrogens with one attached hydrogen (secondary N) is 1. The van der Waals surface area contributed by atoms with Crippen molar-refractivity contribution in [1.82, 2.24) is 5.32 Å². The molecule has 2 N–H and O–H groups in total. The molecule has 0 bridgehead atoms. The predicted octanol–water partition coefficient (Wildman–Crippen LogP) is 1.42. The highest BCUT2D eigenvalue weighted by Gasteiger charge is 2.31. The molecular formula is C14H23NO4. The van der Waals surface area contributed by atoms with Crippen LogP contribution in [0, 0.1) is 17.8 Å². The minimum atomic E-state index is -0.766. The second kappa shape index (κ2) is 6.89. The van der Waals surface area contributed by atoms with Gasteiger partial charge in [-0.2, -0.15) is 0 Å². The molecule has 108 valence electrons. The summed E-state index contributed by atoms with van der Waals surface area (Å²) in [6, 6.07) is 0. The van der Waals surface area contributed by atoms with Crippen molar-refractivity contribution in [3.8, 4) is 0 Å². The van der Waals surface area contributed by atoms with E-state index in [1.807, 2.05) is 0 Å². The van der Waals surface area contributed by atoms with E-state index in [0.29, 0.717) is 25.3 Å². The van der Waals surface area contributed by atoms with Gasteiger partial charge in [0, 0.05) is 19.1 Å². The van der Waals surface area contributed by atoms with E-state index >= 15 is 0 Å². The number of carbonyl (C=O) groups excluding carboxylic acids is 1. The Labute approximate surface area is 113 Å². The Morgan fingerprint density at radius 1 is 1.16 bits per heavy atom. The van der Waals surface area contributed by atoms with E-state index in [4.69, 9.17) is 9.84 Å². The van der Waals surface area contributed by atoms with E-state index in [0.717, 1.165) is 38.9 Å². The highest BCUT2D eigenvalue weighted by Crippen LogP contribution is 2.29. The second-order valence-corrected chi connectivity index (χ2v) is 5.73. The van der Waals surface area contributed by atoms with E-state index in [1.54, 1.807) is 0 Å². The lowest BCUT2D eigenvalue weighted by Gasteiger charge is -2.27. The largest absolute Gasteiger partial charge is 0.481 e. The molecular weight excluding hydrogens is 246 g/mol. The van der Waals surface area contributed by atoms with Gasteiger partial charge in [-0.3, -0.25) is 9.59 Å². The maximum Gasteiger partial charge on any atom is 0.306 e. The molecule has 19 heavy (non-hydrogen) atoms. The second-order valence-electron chi connectivity index (χ2n) is 5.73. The van der Waals surface area contributed by atoms with Gasteiger partial charge in [0.05, 0.1) is 12.5 Å². The summed E-state index contributed by atoms with van der Waals surface area (Å²) >= 11 is 0. The van der Waals surface area contributed by atoms with Crippen LogP contribution >= 0.6 is 0 Å². The van der Waals surface area contributed by atoms with Gasteiger partial charge in [0.1, 0.15) is 0 Å². The van der Waals surface area contributed by atoms with Crippen LogP contribution in [0.15, 0.2) is 0 Å². The lowest BCUT2D eigenvalue weighted by atomic mass is 9.81. The van der Waals surface area contributed by atoms with Gasteiger partial charge in [0.2, 0.25) is 5.91 Å². The smallest absolute Gasteiger partial charge is 0.306 e. The van der Waals surface area contributed by atoms with Crippen molar-refractivity contribution in [1.29, 1.82) is 0 Å². The molecule has 0 radical (unpaired) electrons. The molecule has 3 atom stereocenters. The number of carboxylic acid groups (broad SMARTS) is 1. The van der Waals surface area contributed by atoms with Gasteiger partial charge in [0.25, 0.3) is 0 Å². The van der Waals surface area contributed by atoms with Crippen LogP contribution in [0.4, 0.5) is 0 Å². The average molecular weight is 269 g/mol. The van der Waals surface area contributed by atoms with Crippen molar-refractivity contribution in [2.45, 2.75) is 38.5 Å². The molecule has 3 unspecified atom stereocenters. The maximum atomic E-state index is 12.1. The maximum absolute atomic E-state index is 12.1. The number of carboxylic acids is 1. The summed E-state index contributed by atoms with van der Waals surface area (Å²) < 4.78 is 5.38. The van der Waals surface area contributed by atoms with Crippen LogP contribution in [-0.4, -0.2) is 36.7 Å². The molecule has 1 heterocycles. The summed E-state index contributed by atoms with van der Waals surface area (Å²) in [4.78, 5) is 23.0. The predicted molar refractivity (Wildman–Crippen MR) is 69.6 cm³/mol. The SMILES string of the molecule is O=C(O)C1CCCC(C(=O)NCC2CCCOC2)C1. The molecule has 2 fully saturated rings. The number of hydrogen-bond donors (Lipinski definition) is 2. The first-order valence-electron chi connectivity index (χ1n) is 7.25. The molecule has 1 amide bonds. The van der Waals surface area contributed by atoms with Gasteiger partial charge in [-0.05, 0) is 38.0 Å². The topological polar surface area (TPSA) is 75.6 Å². The third kappa shape index (κ3) is 4.20. The van der Waals surface area contributed by atoms with Crippen molar-refractivity contribution in [2.75, 3.05) is 19.8 Å². The Kier molecular flexibility index (Phi) is 5.19. The monoisotopic (exact) mass is 269 g/mol. The molecule has 0 aromatic rings. The van der Waals surface area contributed by atoms with Gasteiger partial charge < -0.3 is 15.2 Å². The molecule has 1 saturated heterocycles.